The molecule has 7 nitrogen and oxygen atoms in total. The molecule has 0 bridgehead atoms. The number of nitrogens with zero attached hydrogens (tertiary/aromatic N) is 1. The number of amides is 3. The molecule has 0 saturated heterocycles. The summed E-state index contributed by atoms with van der Waals surface area (Å²) in [4.78, 5) is 47.1. The quantitative estimate of drug-likeness (QED) is 0.433. The van der Waals surface area contributed by atoms with Gasteiger partial charge in [-0.25, -0.2) is 0 Å². The lowest BCUT2D eigenvalue weighted by atomic mass is 10.1. The second kappa shape index (κ2) is 5.12. The van der Waals surface area contributed by atoms with Crippen LogP contribution in [0, 0.1) is 0 Å². The number of fused-ring (bicyclic) bond motifs is 1. The number of nitrogens with two attached hydrogens (primary N) is 2. The van der Waals surface area contributed by atoms with E-state index in [4.69, 9.17) is 11.5 Å². The fourth-order valence-corrected chi connectivity index (χ4v) is 2.24. The monoisotopic (exact) mass is 275 g/mol. The van der Waals surface area contributed by atoms with E-state index in [1.165, 1.54) is 12.1 Å². The molecule has 1 aliphatic heterocycles. The molecule has 1 aromatic carbocycles. The largest absolute Gasteiger partial charge is 0.398 e. The van der Waals surface area contributed by atoms with Crippen LogP contribution in [0.15, 0.2) is 18.2 Å². The van der Waals surface area contributed by atoms with Crippen LogP contribution in [0.3, 0.4) is 0 Å². The van der Waals surface area contributed by atoms with Crippen LogP contribution in [0.2, 0.25) is 0 Å². The van der Waals surface area contributed by atoms with E-state index in [2.05, 4.69) is 0 Å². The standard InChI is InChI=1S/C13H13N3O4/c14-8-4-1-3-7-10(8)13(20)16(12(7)19)9(11(15)18)5-2-6-17/h1,3-4,6,9H,2,5,14H2,(H2,15,18). The average molecular weight is 275 g/mol. The van der Waals surface area contributed by atoms with E-state index >= 15 is 0 Å². The zero-order chi connectivity index (χ0) is 14.9. The first-order chi connectivity index (χ1) is 9.49. The number of anilines is 1. The van der Waals surface area contributed by atoms with E-state index in [1.807, 2.05) is 0 Å². The molecule has 2 rings (SSSR count). The van der Waals surface area contributed by atoms with Gasteiger partial charge in [0.15, 0.2) is 0 Å². The predicted molar refractivity (Wildman–Crippen MR) is 69.6 cm³/mol. The Hall–Kier alpha value is -2.70. The molecule has 104 valence electrons. The summed E-state index contributed by atoms with van der Waals surface area (Å²) in [6, 6.07) is 3.36. The third-order valence-corrected chi connectivity index (χ3v) is 3.18. The van der Waals surface area contributed by atoms with E-state index in [9.17, 15) is 19.2 Å². The highest BCUT2D eigenvalue weighted by molar-refractivity contribution is 6.24. The molecule has 1 aromatic rings. The van der Waals surface area contributed by atoms with Crippen molar-refractivity contribution in [3.05, 3.63) is 29.3 Å². The second-order valence-corrected chi connectivity index (χ2v) is 4.41. The Morgan fingerprint density at radius 2 is 2.00 bits per heavy atom. The highest BCUT2D eigenvalue weighted by atomic mass is 16.2. The minimum atomic E-state index is -1.15. The molecule has 0 aromatic heterocycles. The van der Waals surface area contributed by atoms with Crippen LogP contribution in [-0.2, 0) is 9.59 Å². The molecule has 1 atom stereocenters. The Morgan fingerprint density at radius 3 is 2.55 bits per heavy atom. The van der Waals surface area contributed by atoms with Crippen LogP contribution in [-0.4, -0.2) is 34.9 Å². The van der Waals surface area contributed by atoms with E-state index in [-0.39, 0.29) is 29.7 Å². The van der Waals surface area contributed by atoms with E-state index in [1.54, 1.807) is 6.07 Å². The number of hydrogen-bond donors (Lipinski definition) is 2. The van der Waals surface area contributed by atoms with Crippen molar-refractivity contribution in [3.63, 3.8) is 0 Å². The maximum absolute atomic E-state index is 12.3. The van der Waals surface area contributed by atoms with Crippen molar-refractivity contribution in [2.45, 2.75) is 18.9 Å². The fourth-order valence-electron chi connectivity index (χ4n) is 2.24. The molecule has 0 saturated carbocycles. The van der Waals surface area contributed by atoms with Crippen molar-refractivity contribution in [1.82, 2.24) is 4.90 Å². The molecule has 0 radical (unpaired) electrons. The van der Waals surface area contributed by atoms with Gasteiger partial charge in [0.05, 0.1) is 11.1 Å². The van der Waals surface area contributed by atoms with Crippen molar-refractivity contribution < 1.29 is 19.2 Å². The van der Waals surface area contributed by atoms with Crippen molar-refractivity contribution >= 4 is 29.7 Å². The van der Waals surface area contributed by atoms with Gasteiger partial charge < -0.3 is 16.3 Å². The third-order valence-electron chi connectivity index (χ3n) is 3.18. The molecule has 1 heterocycles. The first kappa shape index (κ1) is 13.7. The maximum Gasteiger partial charge on any atom is 0.264 e. The summed E-state index contributed by atoms with van der Waals surface area (Å²) in [5.74, 6) is -2.11. The summed E-state index contributed by atoms with van der Waals surface area (Å²) in [5.41, 5.74) is 11.3. The van der Waals surface area contributed by atoms with Crippen molar-refractivity contribution in [1.29, 1.82) is 0 Å². The molecule has 3 amide bonds. The number of benzene rings is 1. The van der Waals surface area contributed by atoms with Gasteiger partial charge in [-0.3, -0.25) is 19.3 Å². The van der Waals surface area contributed by atoms with E-state index in [0.717, 1.165) is 4.90 Å². The van der Waals surface area contributed by atoms with Crippen LogP contribution < -0.4 is 11.5 Å². The molecule has 7 heteroatoms. The number of carbonyl (C=O) groups excluding carboxylic acids is 4. The lowest BCUT2D eigenvalue weighted by Crippen LogP contribution is -2.47. The van der Waals surface area contributed by atoms with Crippen molar-refractivity contribution in [2.24, 2.45) is 5.73 Å². The first-order valence-electron chi connectivity index (χ1n) is 5.98. The van der Waals surface area contributed by atoms with Crippen LogP contribution >= 0.6 is 0 Å². The Labute approximate surface area is 114 Å². The van der Waals surface area contributed by atoms with Crippen LogP contribution in [0.1, 0.15) is 33.6 Å². The lowest BCUT2D eigenvalue weighted by Gasteiger charge is -2.22. The number of hydrogen-bond acceptors (Lipinski definition) is 5. The fraction of sp³-hybridized carbons (Fsp3) is 0.231. The van der Waals surface area contributed by atoms with Crippen LogP contribution in [0.4, 0.5) is 5.69 Å². The number of carbonyl (C=O) groups is 4. The van der Waals surface area contributed by atoms with Gasteiger partial charge in [-0.05, 0) is 18.6 Å². The topological polar surface area (TPSA) is 124 Å². The number of imide groups is 1. The summed E-state index contributed by atoms with van der Waals surface area (Å²) in [6.45, 7) is 0. The Morgan fingerprint density at radius 1 is 1.30 bits per heavy atom. The normalized spacial score (nSPS) is 15.1. The van der Waals surface area contributed by atoms with Crippen molar-refractivity contribution in [2.75, 3.05) is 5.73 Å². The zero-order valence-corrected chi connectivity index (χ0v) is 10.5. The van der Waals surface area contributed by atoms with Crippen LogP contribution in [0.25, 0.3) is 0 Å². The van der Waals surface area contributed by atoms with Gasteiger partial charge in [0.25, 0.3) is 11.8 Å². The summed E-state index contributed by atoms with van der Waals surface area (Å²) in [7, 11) is 0. The summed E-state index contributed by atoms with van der Waals surface area (Å²) in [6.07, 6.45) is 0.628. The maximum atomic E-state index is 12.3. The number of aldehydes is 1. The van der Waals surface area contributed by atoms with Gasteiger partial charge in [-0.2, -0.15) is 0 Å². The average Bonchev–Trinajstić information content (AvgIpc) is 2.65. The summed E-state index contributed by atoms with van der Waals surface area (Å²) in [5, 5.41) is 0. The molecular weight excluding hydrogens is 262 g/mol. The molecule has 1 aliphatic rings. The third kappa shape index (κ3) is 2.03. The second-order valence-electron chi connectivity index (χ2n) is 4.41. The smallest absolute Gasteiger partial charge is 0.264 e. The van der Waals surface area contributed by atoms with Gasteiger partial charge in [-0.1, -0.05) is 6.07 Å². The lowest BCUT2D eigenvalue weighted by molar-refractivity contribution is -0.122. The Bertz CT molecular complexity index is 612. The van der Waals surface area contributed by atoms with Gasteiger partial charge >= 0.3 is 0 Å². The minimum Gasteiger partial charge on any atom is -0.398 e. The summed E-state index contributed by atoms with van der Waals surface area (Å²) >= 11 is 0. The van der Waals surface area contributed by atoms with E-state index in [0.29, 0.717) is 6.29 Å². The molecule has 0 spiro atoms. The number of nitrogen functional groups attached to an aromatic ring is 1. The Kier molecular flexibility index (Phi) is 3.51. The molecule has 0 fully saturated rings. The van der Waals surface area contributed by atoms with Gasteiger partial charge in [0, 0.05) is 12.1 Å². The highest BCUT2D eigenvalue weighted by Gasteiger charge is 2.42. The van der Waals surface area contributed by atoms with Gasteiger partial charge in [0.2, 0.25) is 5.91 Å². The zero-order valence-electron chi connectivity index (χ0n) is 10.5. The van der Waals surface area contributed by atoms with E-state index < -0.39 is 23.8 Å². The van der Waals surface area contributed by atoms with Crippen LogP contribution in [0.5, 0.6) is 0 Å². The number of rotatable bonds is 5. The summed E-state index contributed by atoms with van der Waals surface area (Å²) < 4.78 is 0. The SMILES string of the molecule is NC(=O)C(CCC=O)N1C(=O)c2cccc(N)c2C1=O. The molecule has 20 heavy (non-hydrogen) atoms. The van der Waals surface area contributed by atoms with Crippen molar-refractivity contribution in [3.8, 4) is 0 Å². The molecule has 1 unspecified atom stereocenters. The molecular formula is C13H13N3O4. The number of primary amides is 1. The Balaban J connectivity index is 2.42. The first-order valence-corrected chi connectivity index (χ1v) is 5.98. The van der Waals surface area contributed by atoms with Gasteiger partial charge in [0.1, 0.15) is 12.3 Å². The molecule has 4 N–H and O–H groups in total. The van der Waals surface area contributed by atoms with Gasteiger partial charge in [-0.15, -0.1) is 0 Å². The predicted octanol–water partition coefficient (Wildman–Crippen LogP) is -0.302. The molecule has 0 aliphatic carbocycles. The minimum absolute atomic E-state index is 0.00417. The highest BCUT2D eigenvalue weighted by Crippen LogP contribution is 2.29.